The maximum atomic E-state index is 5.45. The van der Waals surface area contributed by atoms with Crippen LogP contribution in [0.3, 0.4) is 0 Å². The minimum atomic E-state index is 0. The summed E-state index contributed by atoms with van der Waals surface area (Å²) in [4.78, 5) is 0. The number of hydrogen-bond donors (Lipinski definition) is 2. The van der Waals surface area contributed by atoms with Crippen molar-refractivity contribution in [3.63, 3.8) is 0 Å². The number of hydrogen-bond acceptors (Lipinski definition) is 2. The van der Waals surface area contributed by atoms with Crippen molar-refractivity contribution >= 4 is 24.8 Å². The second-order valence-corrected chi connectivity index (χ2v) is 4.68. The molecule has 2 nitrogen and oxygen atoms in total. The molecule has 0 amide bonds. The molecule has 116 valence electrons. The minimum Gasteiger partial charge on any atom is -0.344 e. The Balaban J connectivity index is -0.000000327. The summed E-state index contributed by atoms with van der Waals surface area (Å²) in [7, 11) is 0. The van der Waals surface area contributed by atoms with Gasteiger partial charge in [0.25, 0.3) is 0 Å². The van der Waals surface area contributed by atoms with E-state index in [2.05, 4.69) is 6.92 Å². The molecular weight excluding hydrogens is 267 g/mol. The lowest BCUT2D eigenvalue weighted by atomic mass is 10.1. The Morgan fingerprint density at radius 2 is 0.833 bits per heavy atom. The van der Waals surface area contributed by atoms with E-state index in [0.29, 0.717) is 0 Å². The van der Waals surface area contributed by atoms with E-state index < -0.39 is 0 Å². The molecule has 0 aromatic carbocycles. The normalized spacial score (nSPS) is 9.00. The number of rotatable bonds is 12. The lowest BCUT2D eigenvalue weighted by Gasteiger charge is -2.01. The van der Waals surface area contributed by atoms with Crippen LogP contribution >= 0.6 is 24.8 Å². The Hall–Kier alpha value is 0.500. The summed E-state index contributed by atoms with van der Waals surface area (Å²) in [6.45, 7) is 3.15. The van der Waals surface area contributed by atoms with E-state index >= 15 is 0 Å². The van der Waals surface area contributed by atoms with Crippen molar-refractivity contribution in [1.29, 1.82) is 0 Å². The molecule has 0 saturated carbocycles. The lowest BCUT2D eigenvalue weighted by Crippen LogP contribution is -1.97. The average molecular weight is 303 g/mol. The zero-order chi connectivity index (χ0) is 11.2. The summed E-state index contributed by atoms with van der Waals surface area (Å²) in [5.74, 6) is 0. The Morgan fingerprint density at radius 3 is 1.11 bits per heavy atom. The first-order valence-electron chi connectivity index (χ1n) is 7.12. The van der Waals surface area contributed by atoms with Crippen LogP contribution in [-0.4, -0.2) is 6.54 Å². The van der Waals surface area contributed by atoms with Gasteiger partial charge in [-0.05, 0) is 13.0 Å². The van der Waals surface area contributed by atoms with Crippen LogP contribution in [-0.2, 0) is 0 Å². The number of unbranched alkanes of at least 4 members (excludes halogenated alkanes) is 11. The summed E-state index contributed by atoms with van der Waals surface area (Å²) >= 11 is 0. The van der Waals surface area contributed by atoms with Crippen molar-refractivity contribution in [2.45, 2.75) is 84.0 Å². The third-order valence-electron chi connectivity index (χ3n) is 3.06. The predicted molar refractivity (Wildman–Crippen MR) is 89.7 cm³/mol. The molecule has 0 aromatic heterocycles. The molecule has 0 aliphatic heterocycles. The molecule has 0 radical (unpaired) electrons. The van der Waals surface area contributed by atoms with E-state index in [9.17, 15) is 0 Å². The van der Waals surface area contributed by atoms with Gasteiger partial charge < -0.3 is 11.9 Å². The Bertz CT molecular complexity index is 102. The highest BCUT2D eigenvalue weighted by Gasteiger charge is 1.92. The first-order valence-corrected chi connectivity index (χ1v) is 7.12. The van der Waals surface area contributed by atoms with Crippen molar-refractivity contribution in [2.24, 2.45) is 5.73 Å². The summed E-state index contributed by atoms with van der Waals surface area (Å²) in [5, 5.41) is 0. The van der Waals surface area contributed by atoms with Gasteiger partial charge in [-0.15, -0.1) is 24.8 Å². The van der Waals surface area contributed by atoms with Crippen LogP contribution in [0.4, 0.5) is 0 Å². The summed E-state index contributed by atoms with van der Waals surface area (Å²) in [6, 6.07) is 0. The van der Waals surface area contributed by atoms with Gasteiger partial charge in [-0.25, -0.2) is 0 Å². The quantitative estimate of drug-likeness (QED) is 0.457. The summed E-state index contributed by atoms with van der Waals surface area (Å²) in [5.41, 5.74) is 5.45. The highest BCUT2D eigenvalue weighted by atomic mass is 35.5. The molecule has 0 atom stereocenters. The van der Waals surface area contributed by atoms with Crippen LogP contribution in [0, 0.1) is 0 Å². The van der Waals surface area contributed by atoms with Crippen LogP contribution in [0.2, 0.25) is 0 Å². The van der Waals surface area contributed by atoms with Gasteiger partial charge in [0, 0.05) is 0 Å². The molecule has 4 heteroatoms. The van der Waals surface area contributed by atoms with E-state index in [1.54, 1.807) is 0 Å². The first kappa shape index (κ1) is 26.9. The zero-order valence-corrected chi connectivity index (χ0v) is 13.9. The monoisotopic (exact) mass is 302 g/mol. The fourth-order valence-corrected chi connectivity index (χ4v) is 1.99. The van der Waals surface area contributed by atoms with Gasteiger partial charge in [-0.1, -0.05) is 77.6 Å². The highest BCUT2D eigenvalue weighted by molar-refractivity contribution is 5.85. The fraction of sp³-hybridized carbons (Fsp3) is 1.00. The maximum Gasteiger partial charge on any atom is -0.00773 e. The predicted octanol–water partition coefficient (Wildman–Crippen LogP) is 5.65. The summed E-state index contributed by atoms with van der Waals surface area (Å²) in [6.07, 6.45) is 16.9. The molecule has 0 fully saturated rings. The Morgan fingerprint density at radius 1 is 0.556 bits per heavy atom. The molecule has 0 saturated heterocycles. The van der Waals surface area contributed by atoms with Crippen molar-refractivity contribution in [1.82, 2.24) is 6.15 Å². The van der Waals surface area contributed by atoms with E-state index in [-0.39, 0.29) is 31.0 Å². The molecule has 0 spiro atoms. The molecule has 0 aliphatic carbocycles. The Labute approximate surface area is 127 Å². The van der Waals surface area contributed by atoms with Gasteiger partial charge in [0.15, 0.2) is 0 Å². The van der Waals surface area contributed by atoms with E-state index in [1.807, 2.05) is 0 Å². The maximum absolute atomic E-state index is 5.45. The topological polar surface area (TPSA) is 61.0 Å². The van der Waals surface area contributed by atoms with Gasteiger partial charge in [-0.3, -0.25) is 0 Å². The lowest BCUT2D eigenvalue weighted by molar-refractivity contribution is 0.545. The van der Waals surface area contributed by atoms with Crippen LogP contribution in [0.5, 0.6) is 0 Å². The van der Waals surface area contributed by atoms with E-state index in [0.717, 1.165) is 6.54 Å². The largest absolute Gasteiger partial charge is 0.344 e. The molecule has 0 bridgehead atoms. The van der Waals surface area contributed by atoms with Crippen LogP contribution < -0.4 is 11.9 Å². The molecule has 18 heavy (non-hydrogen) atoms. The fourth-order valence-electron chi connectivity index (χ4n) is 1.99. The van der Waals surface area contributed by atoms with Crippen molar-refractivity contribution in [3.8, 4) is 0 Å². The van der Waals surface area contributed by atoms with Crippen LogP contribution in [0.25, 0.3) is 0 Å². The minimum absolute atomic E-state index is 0. The highest BCUT2D eigenvalue weighted by Crippen LogP contribution is 2.11. The van der Waals surface area contributed by atoms with Gasteiger partial charge in [-0.2, -0.15) is 0 Å². The van der Waals surface area contributed by atoms with Crippen LogP contribution in [0.1, 0.15) is 84.0 Å². The van der Waals surface area contributed by atoms with Crippen molar-refractivity contribution < 1.29 is 0 Å². The first-order chi connectivity index (χ1) is 7.41. The van der Waals surface area contributed by atoms with Crippen molar-refractivity contribution in [3.05, 3.63) is 0 Å². The van der Waals surface area contributed by atoms with Gasteiger partial charge in [0.05, 0.1) is 0 Å². The third kappa shape index (κ3) is 25.4. The third-order valence-corrected chi connectivity index (χ3v) is 3.06. The average Bonchev–Trinajstić information content (AvgIpc) is 2.26. The molecule has 0 rings (SSSR count). The van der Waals surface area contributed by atoms with Gasteiger partial charge in [0.1, 0.15) is 0 Å². The summed E-state index contributed by atoms with van der Waals surface area (Å²) < 4.78 is 0. The molecular formula is C14H36Cl2N2. The zero-order valence-electron chi connectivity index (χ0n) is 12.3. The smallest absolute Gasteiger partial charge is 0.00773 e. The number of nitrogens with two attached hydrogens (primary N) is 1. The second kappa shape index (κ2) is 26.1. The van der Waals surface area contributed by atoms with Gasteiger partial charge in [0.2, 0.25) is 0 Å². The molecule has 5 N–H and O–H groups in total. The van der Waals surface area contributed by atoms with Crippen LogP contribution in [0.15, 0.2) is 0 Å². The van der Waals surface area contributed by atoms with E-state index in [4.69, 9.17) is 5.73 Å². The van der Waals surface area contributed by atoms with Crippen molar-refractivity contribution in [2.75, 3.05) is 6.54 Å². The second-order valence-electron chi connectivity index (χ2n) is 4.68. The SMILES string of the molecule is CCCCCCCCCCCCCCN.Cl.Cl.N. The number of halogens is 2. The molecule has 0 heterocycles. The molecule has 0 aliphatic rings. The molecule has 0 aromatic rings. The Kier molecular flexibility index (Phi) is 39.1. The standard InChI is InChI=1S/C14H31N.2ClH.H3N/c1-2-3-4-5-6-7-8-9-10-11-12-13-14-15;;;/h2-15H2,1H3;2*1H;1H3. The van der Waals surface area contributed by atoms with E-state index in [1.165, 1.54) is 77.0 Å². The van der Waals surface area contributed by atoms with Gasteiger partial charge >= 0.3 is 0 Å². The molecule has 0 unspecified atom stereocenters.